The highest BCUT2D eigenvalue weighted by Crippen LogP contribution is 2.46. The summed E-state index contributed by atoms with van der Waals surface area (Å²) in [6, 6.07) is 9.15. The molecule has 17 heteroatoms. The highest BCUT2D eigenvalue weighted by molar-refractivity contribution is 7.90. The molecule has 2 amide bonds. The van der Waals surface area contributed by atoms with E-state index in [0.29, 0.717) is 6.41 Å². The van der Waals surface area contributed by atoms with E-state index in [0.717, 1.165) is 29.4 Å². The molecule has 0 spiro atoms. The molecule has 0 saturated heterocycles. The summed E-state index contributed by atoms with van der Waals surface area (Å²) in [5.74, 6) is -1.89. The Labute approximate surface area is 260 Å². The van der Waals surface area contributed by atoms with Crippen molar-refractivity contribution in [1.82, 2.24) is 15.2 Å². The lowest BCUT2D eigenvalue weighted by molar-refractivity contribution is -0.137. The van der Waals surface area contributed by atoms with Crippen molar-refractivity contribution in [3.05, 3.63) is 72.1 Å². The van der Waals surface area contributed by atoms with Gasteiger partial charge in [0.2, 0.25) is 12.3 Å². The summed E-state index contributed by atoms with van der Waals surface area (Å²) < 4.78 is 92.6. The van der Waals surface area contributed by atoms with Gasteiger partial charge < -0.3 is 29.6 Å². The molecule has 0 aliphatic heterocycles. The second-order valence-corrected chi connectivity index (χ2v) is 12.0. The number of likely N-dealkylation sites (N-methyl/N-ethyl adjacent to an activating group) is 1. The van der Waals surface area contributed by atoms with Crippen LogP contribution < -0.4 is 24.6 Å². The summed E-state index contributed by atoms with van der Waals surface area (Å²) in [6.45, 7) is -0.736. The number of carbonyl (C=O) groups excluding carboxylic acids is 2. The molecule has 0 radical (unpaired) electrons. The lowest BCUT2D eigenvalue weighted by atomic mass is 9.97. The van der Waals surface area contributed by atoms with Crippen LogP contribution in [0.4, 0.5) is 34.6 Å². The number of aromatic nitrogens is 3. The van der Waals surface area contributed by atoms with Gasteiger partial charge in [-0.05, 0) is 48.0 Å². The maximum atomic E-state index is 15.4. The number of aromatic amines is 1. The minimum Gasteiger partial charge on any atom is -0.493 e. The lowest BCUT2D eigenvalue weighted by Gasteiger charge is -2.28. The van der Waals surface area contributed by atoms with Crippen molar-refractivity contribution in [2.45, 2.75) is 17.7 Å². The summed E-state index contributed by atoms with van der Waals surface area (Å²) >= 11 is 0. The van der Waals surface area contributed by atoms with E-state index in [2.05, 4.69) is 20.5 Å². The number of ether oxygens (including phenoxy) is 2. The van der Waals surface area contributed by atoms with Crippen molar-refractivity contribution < 1.29 is 45.0 Å². The molecule has 12 nitrogen and oxygen atoms in total. The summed E-state index contributed by atoms with van der Waals surface area (Å²) in [4.78, 5) is 29.8. The molecule has 0 aliphatic rings. The molecule has 0 saturated carbocycles. The van der Waals surface area contributed by atoms with Crippen LogP contribution in [0.5, 0.6) is 11.5 Å². The van der Waals surface area contributed by atoms with Crippen LogP contribution in [0.3, 0.4) is 0 Å². The van der Waals surface area contributed by atoms with Gasteiger partial charge in [-0.1, -0.05) is 6.07 Å². The normalized spacial score (nSPS) is 11.6. The third-order valence-corrected chi connectivity index (χ3v) is 7.74. The smallest absolute Gasteiger partial charge is 0.416 e. The fourth-order valence-electron chi connectivity index (χ4n) is 4.48. The molecule has 4 aromatic rings. The highest BCUT2D eigenvalue weighted by Gasteiger charge is 2.34. The van der Waals surface area contributed by atoms with Gasteiger partial charge >= 0.3 is 6.18 Å². The SMILES string of the molecule is COc1cc(-c2cc(C(F)(F)F)cc(N(C)CC(=O)Nc3cccc(S(C)(=O)=O)c3)c2N(C)C=O)cc(F)c1OCc1nnc[nH]1. The zero-order chi connectivity index (χ0) is 33.8. The number of carbonyl (C=O) groups is 2. The number of benzene rings is 3. The summed E-state index contributed by atoms with van der Waals surface area (Å²) in [7, 11) is 0.256. The van der Waals surface area contributed by atoms with E-state index in [4.69, 9.17) is 9.47 Å². The Morgan fingerprint density at radius 3 is 2.48 bits per heavy atom. The van der Waals surface area contributed by atoms with Gasteiger partial charge in [0.15, 0.2) is 33.0 Å². The van der Waals surface area contributed by atoms with Crippen molar-refractivity contribution in [3.8, 4) is 22.6 Å². The topological polar surface area (TPSA) is 147 Å². The number of H-pyrrole nitrogens is 1. The zero-order valence-electron chi connectivity index (χ0n) is 24.8. The molecule has 0 unspecified atom stereocenters. The summed E-state index contributed by atoms with van der Waals surface area (Å²) in [5, 5.41) is 9.86. The third kappa shape index (κ3) is 7.71. The van der Waals surface area contributed by atoms with Crippen LogP contribution >= 0.6 is 0 Å². The number of nitrogens with one attached hydrogen (secondary N) is 2. The van der Waals surface area contributed by atoms with E-state index in [9.17, 15) is 31.2 Å². The van der Waals surface area contributed by atoms with Gasteiger partial charge in [-0.25, -0.2) is 12.8 Å². The molecule has 1 heterocycles. The Morgan fingerprint density at radius 2 is 1.87 bits per heavy atom. The number of sulfone groups is 1. The molecule has 1 aromatic heterocycles. The Bertz CT molecular complexity index is 1850. The number of rotatable bonds is 12. The minimum absolute atomic E-state index is 0.0480. The number of hydrogen-bond acceptors (Lipinski definition) is 9. The molecule has 3 aromatic carbocycles. The van der Waals surface area contributed by atoms with Crippen LogP contribution in [0.15, 0.2) is 59.8 Å². The fourth-order valence-corrected chi connectivity index (χ4v) is 5.15. The largest absolute Gasteiger partial charge is 0.493 e. The predicted molar refractivity (Wildman–Crippen MR) is 160 cm³/mol. The summed E-state index contributed by atoms with van der Waals surface area (Å²) in [6.07, 6.45) is -2.23. The third-order valence-electron chi connectivity index (χ3n) is 6.63. The number of anilines is 3. The lowest BCUT2D eigenvalue weighted by Crippen LogP contribution is -2.32. The first-order valence-electron chi connectivity index (χ1n) is 13.2. The minimum atomic E-state index is -4.88. The second kappa shape index (κ2) is 13.4. The Hall–Kier alpha value is -5.19. The molecule has 244 valence electrons. The van der Waals surface area contributed by atoms with Gasteiger partial charge in [-0.2, -0.15) is 13.2 Å². The van der Waals surface area contributed by atoms with Crippen LogP contribution in [-0.2, 0) is 32.2 Å². The van der Waals surface area contributed by atoms with Crippen molar-refractivity contribution in [3.63, 3.8) is 0 Å². The van der Waals surface area contributed by atoms with E-state index in [1.807, 2.05) is 0 Å². The maximum Gasteiger partial charge on any atom is 0.416 e. The summed E-state index contributed by atoms with van der Waals surface area (Å²) in [5.41, 5.74) is -1.55. The first kappa shape index (κ1) is 33.7. The number of methoxy groups -OCH3 is 1. The molecular weight excluding hydrogens is 636 g/mol. The van der Waals surface area contributed by atoms with Gasteiger partial charge in [0.05, 0.1) is 35.5 Å². The van der Waals surface area contributed by atoms with Crippen molar-refractivity contribution in [1.29, 1.82) is 0 Å². The molecule has 0 bridgehead atoms. The van der Waals surface area contributed by atoms with E-state index in [1.54, 1.807) is 0 Å². The van der Waals surface area contributed by atoms with Crippen LogP contribution in [0.25, 0.3) is 11.1 Å². The van der Waals surface area contributed by atoms with Crippen LogP contribution in [0.1, 0.15) is 11.4 Å². The highest BCUT2D eigenvalue weighted by atomic mass is 32.2. The van der Waals surface area contributed by atoms with Crippen LogP contribution in [-0.4, -0.2) is 69.9 Å². The Kier molecular flexibility index (Phi) is 9.84. The molecule has 2 N–H and O–H groups in total. The second-order valence-electron chi connectivity index (χ2n) is 10.0. The average molecular weight is 665 g/mol. The van der Waals surface area contributed by atoms with E-state index in [1.165, 1.54) is 62.8 Å². The molecule has 0 fully saturated rings. The van der Waals surface area contributed by atoms with E-state index < -0.39 is 39.8 Å². The van der Waals surface area contributed by atoms with Gasteiger partial charge in [0.1, 0.15) is 12.9 Å². The van der Waals surface area contributed by atoms with Gasteiger partial charge in [-0.15, -0.1) is 10.2 Å². The van der Waals surface area contributed by atoms with Gasteiger partial charge in [0.25, 0.3) is 0 Å². The van der Waals surface area contributed by atoms with Crippen molar-refractivity contribution in [2.24, 2.45) is 0 Å². The molecule has 4 rings (SSSR count). The molecule has 0 atom stereocenters. The molecule has 0 aliphatic carbocycles. The number of halogens is 4. The first-order chi connectivity index (χ1) is 21.6. The zero-order valence-corrected chi connectivity index (χ0v) is 25.7. The number of amides is 2. The van der Waals surface area contributed by atoms with Gasteiger partial charge in [-0.3, -0.25) is 9.59 Å². The van der Waals surface area contributed by atoms with Crippen molar-refractivity contribution >= 4 is 39.2 Å². The predicted octanol–water partition coefficient (Wildman–Crippen LogP) is 4.29. The number of alkyl halides is 3. The van der Waals surface area contributed by atoms with Crippen molar-refractivity contribution in [2.75, 3.05) is 49.1 Å². The number of nitrogens with zero attached hydrogens (tertiary/aromatic N) is 4. The average Bonchev–Trinajstić information content (AvgIpc) is 3.52. The molecule has 46 heavy (non-hydrogen) atoms. The monoisotopic (exact) mass is 664 g/mol. The van der Waals surface area contributed by atoms with Crippen LogP contribution in [0, 0.1) is 5.82 Å². The van der Waals surface area contributed by atoms with E-state index in [-0.39, 0.29) is 57.0 Å². The standard InChI is InChI=1S/C29H28F4N6O6S/c1-38(13-26(41)36-19-6-5-7-20(12-19)46(4,42)43)23-11-18(29(31,32)33)10-21(27(23)39(2)16-40)17-8-22(30)28(24(9-17)44-3)45-14-25-34-15-35-37-25/h5-12,15-16H,13-14H2,1-4H3,(H,36,41)(H,34,35,37). The maximum absolute atomic E-state index is 15.4. The quantitative estimate of drug-likeness (QED) is 0.167. The Morgan fingerprint density at radius 1 is 1.13 bits per heavy atom. The molecular formula is C29H28F4N6O6S. The Balaban J connectivity index is 1.77. The van der Waals surface area contributed by atoms with Gasteiger partial charge in [0, 0.05) is 31.6 Å². The first-order valence-corrected chi connectivity index (χ1v) is 15.1. The number of hydrogen-bond donors (Lipinski definition) is 2. The van der Waals surface area contributed by atoms with Crippen LogP contribution in [0.2, 0.25) is 0 Å². The fraction of sp³-hybridized carbons (Fsp3) is 0.241. The van der Waals surface area contributed by atoms with E-state index >= 15 is 4.39 Å².